The molecule has 0 aliphatic carbocycles. The fraction of sp³-hybridized carbons (Fsp3) is 0.455. The van der Waals surface area contributed by atoms with Gasteiger partial charge in [0, 0.05) is 0 Å². The zero-order valence-electron chi connectivity index (χ0n) is 8.17. The number of rotatable bonds is 3. The van der Waals surface area contributed by atoms with E-state index in [4.69, 9.17) is 0 Å². The molecule has 0 atom stereocenters. The summed E-state index contributed by atoms with van der Waals surface area (Å²) in [6, 6.07) is 8.96. The maximum atomic E-state index is 2.29. The first kappa shape index (κ1) is 9.84. The average molecular weight is 175 g/mol. The molecule has 0 unspecified atom stereocenters. The summed E-state index contributed by atoms with van der Waals surface area (Å²) in [7, 11) is 0. The third kappa shape index (κ3) is 3.43. The van der Waals surface area contributed by atoms with Crippen LogP contribution in [0.2, 0.25) is 5.28 Å². The lowest BCUT2D eigenvalue weighted by Crippen LogP contribution is -2.14. The summed E-state index contributed by atoms with van der Waals surface area (Å²) in [6.07, 6.45) is 0. The Kier molecular flexibility index (Phi) is 3.85. The molecule has 1 rings (SSSR count). The topological polar surface area (TPSA) is 0 Å². The third-order valence-electron chi connectivity index (χ3n) is 1.90. The zero-order valence-corrected chi connectivity index (χ0v) is 9.33. The molecule has 0 amide bonds. The minimum absolute atomic E-state index is 0.503. The first-order valence-corrected chi connectivity index (χ1v) is 5.98. The van der Waals surface area contributed by atoms with Crippen LogP contribution < -0.4 is 4.43 Å². The molecular formula is C11H16Al. The molecule has 1 aromatic rings. The van der Waals surface area contributed by atoms with Gasteiger partial charge in [-0.25, -0.2) is 0 Å². The van der Waals surface area contributed by atoms with Crippen molar-refractivity contribution < 1.29 is 0 Å². The van der Waals surface area contributed by atoms with Crippen LogP contribution in [0.3, 0.4) is 0 Å². The quantitative estimate of drug-likeness (QED) is 0.619. The molecular weight excluding hydrogens is 159 g/mol. The van der Waals surface area contributed by atoms with Crippen molar-refractivity contribution in [2.45, 2.75) is 26.1 Å². The van der Waals surface area contributed by atoms with Gasteiger partial charge in [-0.05, 0) is 6.92 Å². The molecule has 0 aliphatic rings. The van der Waals surface area contributed by atoms with Gasteiger partial charge in [0.1, 0.15) is 0 Å². The summed E-state index contributed by atoms with van der Waals surface area (Å²) in [5.41, 5.74) is 1.36. The molecule has 0 saturated heterocycles. The Bertz CT molecular complexity index is 223. The van der Waals surface area contributed by atoms with Crippen LogP contribution in [0, 0.1) is 12.8 Å². The molecule has 0 aliphatic heterocycles. The van der Waals surface area contributed by atoms with Crippen LogP contribution in [0.1, 0.15) is 19.4 Å². The normalized spacial score (nSPS) is 10.3. The van der Waals surface area contributed by atoms with E-state index in [1.54, 1.807) is 4.43 Å². The second-order valence-electron chi connectivity index (χ2n) is 3.74. The molecule has 0 spiro atoms. The lowest BCUT2D eigenvalue weighted by Gasteiger charge is -2.02. The highest BCUT2D eigenvalue weighted by Crippen LogP contribution is 1.99. The van der Waals surface area contributed by atoms with Gasteiger partial charge < -0.3 is 0 Å². The highest BCUT2D eigenvalue weighted by Gasteiger charge is 1.98. The molecule has 63 valence electrons. The maximum absolute atomic E-state index is 2.29. The summed E-state index contributed by atoms with van der Waals surface area (Å²) in [6.45, 7) is 6.73. The lowest BCUT2D eigenvalue weighted by atomic mass is 10.2. The SMILES string of the molecule is Cc1cc[c]([Al][CH2]C(C)C)cc1. The largest absolute Gasteiger partial charge is 0.250 e. The van der Waals surface area contributed by atoms with Crippen molar-refractivity contribution in [3.63, 3.8) is 0 Å². The smallest absolute Gasteiger partial charge is 0.124 e. The van der Waals surface area contributed by atoms with Gasteiger partial charge in [-0.2, -0.15) is 0 Å². The predicted molar refractivity (Wildman–Crippen MR) is 56.2 cm³/mol. The van der Waals surface area contributed by atoms with Crippen molar-refractivity contribution in [3.8, 4) is 0 Å². The molecule has 0 fully saturated rings. The number of hydrogen-bond acceptors (Lipinski definition) is 0. The van der Waals surface area contributed by atoms with E-state index >= 15 is 0 Å². The van der Waals surface area contributed by atoms with Crippen molar-refractivity contribution in [1.82, 2.24) is 0 Å². The molecule has 0 saturated carbocycles. The molecule has 1 heteroatoms. The van der Waals surface area contributed by atoms with E-state index in [1.807, 2.05) is 0 Å². The Morgan fingerprint density at radius 1 is 1.17 bits per heavy atom. The lowest BCUT2D eigenvalue weighted by molar-refractivity contribution is 0.732. The fourth-order valence-corrected chi connectivity index (χ4v) is 2.28. The number of benzene rings is 1. The third-order valence-corrected chi connectivity index (χ3v) is 3.94. The maximum Gasteiger partial charge on any atom is 0.250 e. The van der Waals surface area contributed by atoms with Crippen LogP contribution in [0.5, 0.6) is 0 Å². The molecule has 0 aromatic heterocycles. The van der Waals surface area contributed by atoms with Gasteiger partial charge in [0.25, 0.3) is 15.2 Å². The Balaban J connectivity index is 2.48. The van der Waals surface area contributed by atoms with Crippen molar-refractivity contribution in [2.24, 2.45) is 5.92 Å². The average Bonchev–Trinajstić information content (AvgIpc) is 2.03. The van der Waals surface area contributed by atoms with E-state index in [-0.39, 0.29) is 0 Å². The minimum Gasteiger partial charge on any atom is -0.124 e. The van der Waals surface area contributed by atoms with Crippen molar-refractivity contribution in [2.75, 3.05) is 0 Å². The molecule has 0 heterocycles. The second-order valence-corrected chi connectivity index (χ2v) is 5.29. The van der Waals surface area contributed by atoms with Gasteiger partial charge in [0.2, 0.25) is 0 Å². The van der Waals surface area contributed by atoms with Crippen molar-refractivity contribution >= 4 is 19.6 Å². The summed E-state index contributed by atoms with van der Waals surface area (Å²) >= 11 is 0.503. The Morgan fingerprint density at radius 3 is 2.25 bits per heavy atom. The zero-order chi connectivity index (χ0) is 8.97. The highest BCUT2D eigenvalue weighted by atomic mass is 27.1. The number of hydrogen-bond donors (Lipinski definition) is 0. The summed E-state index contributed by atoms with van der Waals surface area (Å²) < 4.78 is 1.55. The first-order valence-electron chi connectivity index (χ1n) is 4.58. The molecule has 1 aromatic carbocycles. The van der Waals surface area contributed by atoms with E-state index in [9.17, 15) is 0 Å². The van der Waals surface area contributed by atoms with Crippen molar-refractivity contribution in [3.05, 3.63) is 29.8 Å². The van der Waals surface area contributed by atoms with Crippen LogP contribution in [0.4, 0.5) is 0 Å². The van der Waals surface area contributed by atoms with Crippen LogP contribution in [-0.4, -0.2) is 15.2 Å². The van der Waals surface area contributed by atoms with Gasteiger partial charge in [-0.1, -0.05) is 54.9 Å². The van der Waals surface area contributed by atoms with Gasteiger partial charge in [-0.15, -0.1) is 4.43 Å². The van der Waals surface area contributed by atoms with E-state index in [2.05, 4.69) is 45.0 Å². The van der Waals surface area contributed by atoms with Crippen LogP contribution in [-0.2, 0) is 0 Å². The van der Waals surface area contributed by atoms with E-state index in [0.29, 0.717) is 15.2 Å². The summed E-state index contributed by atoms with van der Waals surface area (Å²) in [4.78, 5) is 0. The molecule has 0 N–H and O–H groups in total. The predicted octanol–water partition coefficient (Wildman–Crippen LogP) is 2.40. The van der Waals surface area contributed by atoms with Crippen LogP contribution in [0.15, 0.2) is 24.3 Å². The standard InChI is InChI=1S/C7H7.C4H9.Al/c1-7-5-3-2-4-6-7;1-4(2)3;/h3-6H,1H3;4H,1H2,2-3H3;. The molecule has 1 radical (unpaired) electrons. The Labute approximate surface area is 81.7 Å². The number of aryl methyl sites for hydroxylation is 1. The molecule has 12 heavy (non-hydrogen) atoms. The summed E-state index contributed by atoms with van der Waals surface area (Å²) in [5.74, 6) is 0.848. The van der Waals surface area contributed by atoms with E-state index in [1.165, 1.54) is 10.8 Å². The summed E-state index contributed by atoms with van der Waals surface area (Å²) in [5, 5.41) is 1.38. The van der Waals surface area contributed by atoms with E-state index < -0.39 is 0 Å². The first-order chi connectivity index (χ1) is 5.68. The molecule has 0 nitrogen and oxygen atoms in total. The minimum atomic E-state index is 0.503. The Hall–Kier alpha value is -0.248. The van der Waals surface area contributed by atoms with Crippen LogP contribution >= 0.6 is 0 Å². The molecule has 0 bridgehead atoms. The Morgan fingerprint density at radius 2 is 1.75 bits per heavy atom. The fourth-order valence-electron chi connectivity index (χ4n) is 1.07. The van der Waals surface area contributed by atoms with Gasteiger partial charge >= 0.3 is 0 Å². The van der Waals surface area contributed by atoms with Gasteiger partial charge in [0.15, 0.2) is 0 Å². The van der Waals surface area contributed by atoms with Crippen molar-refractivity contribution in [1.29, 1.82) is 0 Å². The van der Waals surface area contributed by atoms with Gasteiger partial charge in [0.05, 0.1) is 0 Å². The van der Waals surface area contributed by atoms with E-state index in [0.717, 1.165) is 5.92 Å². The highest BCUT2D eigenvalue weighted by molar-refractivity contribution is 6.53. The van der Waals surface area contributed by atoms with Crippen LogP contribution in [0.25, 0.3) is 0 Å². The monoisotopic (exact) mass is 175 g/mol. The van der Waals surface area contributed by atoms with Gasteiger partial charge in [-0.3, -0.25) is 0 Å². The second kappa shape index (κ2) is 4.70.